The van der Waals surface area contributed by atoms with Gasteiger partial charge in [0, 0.05) is 18.6 Å². The van der Waals surface area contributed by atoms with Crippen molar-refractivity contribution in [3.63, 3.8) is 0 Å². The number of hydrogen-bond acceptors (Lipinski definition) is 4. The minimum atomic E-state index is -4.62. The molecule has 0 saturated heterocycles. The van der Waals surface area contributed by atoms with E-state index < -0.39 is 17.4 Å². The first-order chi connectivity index (χ1) is 12.3. The number of aryl methyl sites for hydroxylation is 2. The van der Waals surface area contributed by atoms with Crippen LogP contribution in [0.1, 0.15) is 11.3 Å². The molecule has 6 nitrogen and oxygen atoms in total. The Hall–Kier alpha value is -3.23. The van der Waals surface area contributed by atoms with Gasteiger partial charge >= 0.3 is 6.18 Å². The van der Waals surface area contributed by atoms with Crippen molar-refractivity contribution in [1.82, 2.24) is 24.1 Å². The zero-order chi connectivity index (χ0) is 18.6. The first kappa shape index (κ1) is 16.2. The van der Waals surface area contributed by atoms with Crippen LogP contribution in [0.5, 0.6) is 0 Å². The average Bonchev–Trinajstić information content (AvgIpc) is 2.98. The Bertz CT molecular complexity index is 1220. The van der Waals surface area contributed by atoms with Gasteiger partial charge in [-0.2, -0.15) is 13.2 Å². The molecular weight excluding hydrogens is 347 g/mol. The minimum absolute atomic E-state index is 0.0861. The van der Waals surface area contributed by atoms with Crippen molar-refractivity contribution in [2.24, 2.45) is 7.05 Å². The lowest BCUT2D eigenvalue weighted by atomic mass is 10.2. The molecule has 0 aromatic carbocycles. The van der Waals surface area contributed by atoms with Gasteiger partial charge in [-0.05, 0) is 30.7 Å². The molecule has 0 saturated carbocycles. The molecule has 0 aliphatic carbocycles. The smallest absolute Gasteiger partial charge is 0.333 e. The summed E-state index contributed by atoms with van der Waals surface area (Å²) in [6.07, 6.45) is -0.211. The molecular formula is C17H12F3N5O. The van der Waals surface area contributed by atoms with E-state index in [0.717, 1.165) is 10.6 Å². The van der Waals surface area contributed by atoms with E-state index >= 15 is 0 Å². The third-order valence-electron chi connectivity index (χ3n) is 4.23. The maximum Gasteiger partial charge on any atom is 0.433 e. The zero-order valence-corrected chi connectivity index (χ0v) is 13.7. The summed E-state index contributed by atoms with van der Waals surface area (Å²) in [4.78, 5) is 24.9. The summed E-state index contributed by atoms with van der Waals surface area (Å²) in [5.74, 6) is 0. The van der Waals surface area contributed by atoms with Crippen molar-refractivity contribution in [3.05, 3.63) is 58.5 Å². The van der Waals surface area contributed by atoms with Gasteiger partial charge < -0.3 is 4.57 Å². The minimum Gasteiger partial charge on any atom is -0.333 e. The van der Waals surface area contributed by atoms with Crippen LogP contribution in [0, 0.1) is 6.92 Å². The summed E-state index contributed by atoms with van der Waals surface area (Å²) in [5.41, 5.74) is -0.0668. The van der Waals surface area contributed by atoms with Crippen molar-refractivity contribution < 1.29 is 13.2 Å². The molecule has 26 heavy (non-hydrogen) atoms. The Morgan fingerprint density at radius 2 is 1.92 bits per heavy atom. The third-order valence-corrected chi connectivity index (χ3v) is 4.23. The van der Waals surface area contributed by atoms with Gasteiger partial charge in [0.05, 0.1) is 23.7 Å². The summed E-state index contributed by atoms with van der Waals surface area (Å²) < 4.78 is 42.3. The molecule has 4 aromatic rings. The molecule has 0 aliphatic rings. The number of aromatic nitrogens is 5. The van der Waals surface area contributed by atoms with Gasteiger partial charge in [0.1, 0.15) is 11.3 Å². The molecule has 0 bridgehead atoms. The van der Waals surface area contributed by atoms with Gasteiger partial charge in [0.2, 0.25) is 0 Å². The number of alkyl halides is 3. The highest BCUT2D eigenvalue weighted by Crippen LogP contribution is 2.31. The fraction of sp³-hybridized carbons (Fsp3) is 0.176. The summed E-state index contributed by atoms with van der Waals surface area (Å²) >= 11 is 0. The predicted octanol–water partition coefficient (Wildman–Crippen LogP) is 2.99. The number of imidazole rings is 1. The van der Waals surface area contributed by atoms with Gasteiger partial charge in [-0.3, -0.25) is 14.3 Å². The molecule has 132 valence electrons. The Kier molecular flexibility index (Phi) is 3.36. The van der Waals surface area contributed by atoms with Crippen molar-refractivity contribution in [3.8, 4) is 5.69 Å². The second-order valence-electron chi connectivity index (χ2n) is 5.92. The molecule has 0 spiro atoms. The van der Waals surface area contributed by atoms with Gasteiger partial charge in [-0.15, -0.1) is 0 Å². The van der Waals surface area contributed by atoms with Crippen LogP contribution in [0.3, 0.4) is 0 Å². The Morgan fingerprint density at radius 3 is 2.62 bits per heavy atom. The van der Waals surface area contributed by atoms with Crippen molar-refractivity contribution in [1.29, 1.82) is 0 Å². The lowest BCUT2D eigenvalue weighted by Gasteiger charge is -2.14. The van der Waals surface area contributed by atoms with Gasteiger partial charge in [0.25, 0.3) is 5.56 Å². The molecule has 0 fully saturated rings. The molecule has 0 amide bonds. The topological polar surface area (TPSA) is 65.6 Å². The summed E-state index contributed by atoms with van der Waals surface area (Å²) in [7, 11) is 1.67. The fourth-order valence-electron chi connectivity index (χ4n) is 2.98. The number of rotatable bonds is 1. The maximum absolute atomic E-state index is 13.2. The molecule has 0 radical (unpaired) electrons. The highest BCUT2D eigenvalue weighted by molar-refractivity contribution is 6.01. The van der Waals surface area contributed by atoms with Crippen LogP contribution < -0.4 is 5.56 Å². The van der Waals surface area contributed by atoms with E-state index in [9.17, 15) is 18.0 Å². The molecule has 4 rings (SSSR count). The Labute approximate surface area is 144 Å². The van der Waals surface area contributed by atoms with Gasteiger partial charge in [-0.1, -0.05) is 0 Å². The van der Waals surface area contributed by atoms with E-state index in [1.165, 1.54) is 18.6 Å². The lowest BCUT2D eigenvalue weighted by molar-refractivity contribution is -0.141. The molecule has 0 unspecified atom stereocenters. The average molecular weight is 359 g/mol. The normalized spacial score (nSPS) is 12.2. The standard InChI is InChI=1S/C17H12F3N5O/c1-9-5-6-21-7-11(9)25-15-10(3-4-12(23-15)17(18,19)20)14-13(16(25)26)22-8-24(14)2/h3-8H,1-2H3. The number of hydrogen-bond donors (Lipinski definition) is 0. The highest BCUT2D eigenvalue weighted by Gasteiger charge is 2.33. The molecule has 0 aliphatic heterocycles. The van der Waals surface area contributed by atoms with E-state index in [1.54, 1.807) is 30.8 Å². The molecule has 4 aromatic heterocycles. The van der Waals surface area contributed by atoms with Crippen LogP contribution in [0.15, 0.2) is 41.7 Å². The van der Waals surface area contributed by atoms with Gasteiger partial charge in [-0.25, -0.2) is 9.97 Å². The fourth-order valence-corrected chi connectivity index (χ4v) is 2.98. The number of nitrogens with zero attached hydrogens (tertiary/aromatic N) is 5. The maximum atomic E-state index is 13.2. The molecule has 4 heterocycles. The summed E-state index contributed by atoms with van der Waals surface area (Å²) in [6.45, 7) is 1.74. The van der Waals surface area contributed by atoms with E-state index in [0.29, 0.717) is 22.2 Å². The van der Waals surface area contributed by atoms with Crippen LogP contribution in [0.2, 0.25) is 0 Å². The largest absolute Gasteiger partial charge is 0.433 e. The summed E-state index contributed by atoms with van der Waals surface area (Å²) in [6, 6.07) is 3.89. The van der Waals surface area contributed by atoms with Crippen molar-refractivity contribution >= 4 is 22.1 Å². The van der Waals surface area contributed by atoms with Crippen LogP contribution in [-0.4, -0.2) is 24.1 Å². The van der Waals surface area contributed by atoms with Crippen LogP contribution in [0.25, 0.3) is 27.8 Å². The first-order valence-corrected chi connectivity index (χ1v) is 7.64. The number of pyridine rings is 3. The molecule has 9 heteroatoms. The highest BCUT2D eigenvalue weighted by atomic mass is 19.4. The predicted molar refractivity (Wildman–Crippen MR) is 89.1 cm³/mol. The first-order valence-electron chi connectivity index (χ1n) is 7.64. The van der Waals surface area contributed by atoms with E-state index in [4.69, 9.17) is 0 Å². The van der Waals surface area contributed by atoms with Crippen molar-refractivity contribution in [2.75, 3.05) is 0 Å². The Morgan fingerprint density at radius 1 is 1.15 bits per heavy atom. The zero-order valence-electron chi connectivity index (χ0n) is 13.7. The van der Waals surface area contributed by atoms with E-state index in [-0.39, 0.29) is 11.2 Å². The van der Waals surface area contributed by atoms with Gasteiger partial charge in [0.15, 0.2) is 5.52 Å². The summed E-state index contributed by atoms with van der Waals surface area (Å²) in [5, 5.41) is 0.399. The third kappa shape index (κ3) is 2.27. The van der Waals surface area contributed by atoms with Crippen LogP contribution in [-0.2, 0) is 13.2 Å². The SMILES string of the molecule is Cc1ccncc1-n1c(=O)c2ncn(C)c2c2ccc(C(F)(F)F)nc21. The Balaban J connectivity index is 2.26. The lowest BCUT2D eigenvalue weighted by Crippen LogP contribution is -2.22. The molecule has 0 N–H and O–H groups in total. The van der Waals surface area contributed by atoms with Crippen LogP contribution in [0.4, 0.5) is 13.2 Å². The van der Waals surface area contributed by atoms with E-state index in [1.807, 2.05) is 0 Å². The number of fused-ring (bicyclic) bond motifs is 3. The second kappa shape index (κ2) is 5.38. The molecule has 0 atom stereocenters. The monoisotopic (exact) mass is 359 g/mol. The number of halogens is 3. The van der Waals surface area contributed by atoms with Crippen LogP contribution >= 0.6 is 0 Å². The van der Waals surface area contributed by atoms with Crippen molar-refractivity contribution in [2.45, 2.75) is 13.1 Å². The second-order valence-corrected chi connectivity index (χ2v) is 5.92. The van der Waals surface area contributed by atoms with E-state index in [2.05, 4.69) is 15.0 Å². The quantitative estimate of drug-likeness (QED) is 0.524.